The summed E-state index contributed by atoms with van der Waals surface area (Å²) in [5.74, 6) is 1.59. The summed E-state index contributed by atoms with van der Waals surface area (Å²) in [7, 11) is -1.06. The van der Waals surface area contributed by atoms with Crippen molar-refractivity contribution >= 4 is 39.8 Å². The van der Waals surface area contributed by atoms with Gasteiger partial charge in [0.25, 0.3) is 0 Å². The molecule has 8 heteroatoms. The second-order valence-corrected chi connectivity index (χ2v) is 10.7. The Balaban J connectivity index is 0.00000225. The van der Waals surface area contributed by atoms with Crippen molar-refractivity contribution in [1.29, 1.82) is 0 Å². The fraction of sp³-hybridized carbons (Fsp3) is 0.941. The van der Waals surface area contributed by atoms with Crippen LogP contribution in [-0.2, 0) is 14.6 Å². The molecule has 0 spiro atoms. The monoisotopic (exact) mass is 485 g/mol. The highest BCUT2D eigenvalue weighted by Crippen LogP contribution is 2.51. The predicted molar refractivity (Wildman–Crippen MR) is 111 cm³/mol. The molecule has 25 heavy (non-hydrogen) atoms. The Morgan fingerprint density at radius 1 is 1.20 bits per heavy atom. The van der Waals surface area contributed by atoms with Crippen molar-refractivity contribution in [2.24, 2.45) is 16.3 Å². The zero-order chi connectivity index (χ0) is 17.6. The molecular weight excluding hydrogens is 453 g/mol. The van der Waals surface area contributed by atoms with Crippen LogP contribution in [0.15, 0.2) is 4.99 Å². The van der Waals surface area contributed by atoms with Gasteiger partial charge in [0.2, 0.25) is 0 Å². The van der Waals surface area contributed by atoms with E-state index in [1.54, 1.807) is 7.11 Å². The number of aliphatic imine (C=N–C) groups is 1. The average molecular weight is 485 g/mol. The van der Waals surface area contributed by atoms with E-state index in [0.717, 1.165) is 18.8 Å². The number of methoxy groups -OCH3 is 1. The third-order valence-electron chi connectivity index (χ3n) is 6.34. The minimum atomic E-state index is -2.83. The third kappa shape index (κ3) is 4.61. The van der Waals surface area contributed by atoms with Gasteiger partial charge in [0.1, 0.15) is 0 Å². The maximum absolute atomic E-state index is 11.6. The summed E-state index contributed by atoms with van der Waals surface area (Å²) in [5.41, 5.74) is -0.0979. The maximum Gasteiger partial charge on any atom is 0.191 e. The van der Waals surface area contributed by atoms with Crippen LogP contribution < -0.4 is 10.6 Å². The number of halogens is 1. The lowest BCUT2D eigenvalue weighted by Crippen LogP contribution is -2.69. The zero-order valence-electron chi connectivity index (χ0n) is 15.7. The number of ether oxygens (including phenoxy) is 1. The first kappa shape index (κ1) is 21.2. The summed E-state index contributed by atoms with van der Waals surface area (Å²) in [5, 5.41) is 7.03. The SMILES string of the molecule is COC1(C)CC(NC(=NCC2CCS(=O)(=O)C2)NC2CC2)C1(C)C.I. The molecule has 3 fully saturated rings. The Morgan fingerprint density at radius 3 is 2.36 bits per heavy atom. The molecule has 146 valence electrons. The molecule has 3 unspecified atom stereocenters. The van der Waals surface area contributed by atoms with Crippen molar-refractivity contribution in [3.05, 3.63) is 0 Å². The Hall–Kier alpha value is -0.0900. The summed E-state index contributed by atoms with van der Waals surface area (Å²) < 4.78 is 28.9. The van der Waals surface area contributed by atoms with Crippen LogP contribution in [0.5, 0.6) is 0 Å². The summed E-state index contributed by atoms with van der Waals surface area (Å²) in [6.07, 6.45) is 4.05. The number of sulfone groups is 1. The highest BCUT2D eigenvalue weighted by atomic mass is 127. The Labute approximate surface area is 168 Å². The molecule has 0 bridgehead atoms. The van der Waals surface area contributed by atoms with Crippen LogP contribution in [0.1, 0.15) is 46.5 Å². The molecule has 2 aliphatic carbocycles. The molecule has 3 aliphatic rings. The van der Waals surface area contributed by atoms with Gasteiger partial charge in [-0.3, -0.25) is 4.99 Å². The fourth-order valence-corrected chi connectivity index (χ4v) is 5.53. The maximum atomic E-state index is 11.6. The van der Waals surface area contributed by atoms with Gasteiger partial charge in [-0.1, -0.05) is 13.8 Å². The number of guanidine groups is 1. The number of nitrogens with one attached hydrogen (secondary N) is 2. The third-order valence-corrected chi connectivity index (χ3v) is 8.18. The van der Waals surface area contributed by atoms with Gasteiger partial charge >= 0.3 is 0 Å². The van der Waals surface area contributed by atoms with Gasteiger partial charge in [-0.05, 0) is 38.5 Å². The van der Waals surface area contributed by atoms with Crippen LogP contribution in [0.2, 0.25) is 0 Å². The smallest absolute Gasteiger partial charge is 0.191 e. The van der Waals surface area contributed by atoms with E-state index in [0.29, 0.717) is 24.4 Å². The number of rotatable bonds is 5. The first-order valence-electron chi connectivity index (χ1n) is 8.98. The lowest BCUT2D eigenvalue weighted by Gasteiger charge is -2.59. The minimum Gasteiger partial charge on any atom is -0.378 e. The molecule has 1 saturated heterocycles. The van der Waals surface area contributed by atoms with Crippen LogP contribution in [0, 0.1) is 11.3 Å². The van der Waals surface area contributed by atoms with Gasteiger partial charge in [-0.2, -0.15) is 0 Å². The molecule has 0 amide bonds. The largest absolute Gasteiger partial charge is 0.378 e. The average Bonchev–Trinajstić information content (AvgIpc) is 3.26. The summed E-state index contributed by atoms with van der Waals surface area (Å²) in [6, 6.07) is 0.820. The van der Waals surface area contributed by atoms with E-state index in [-0.39, 0.29) is 46.7 Å². The molecule has 3 atom stereocenters. The van der Waals surface area contributed by atoms with Crippen LogP contribution in [0.3, 0.4) is 0 Å². The molecule has 0 aromatic rings. The van der Waals surface area contributed by atoms with E-state index in [1.165, 1.54) is 12.8 Å². The number of nitrogens with zero attached hydrogens (tertiary/aromatic N) is 1. The van der Waals surface area contributed by atoms with Crippen LogP contribution >= 0.6 is 24.0 Å². The standard InChI is InChI=1S/C17H31N3O3S.HI/c1-16(2)14(9-17(16,3)23-4)20-15(19-13-5-6-13)18-10-12-7-8-24(21,22)11-12;/h12-14H,5-11H2,1-4H3,(H2,18,19,20);1H. The quantitative estimate of drug-likeness (QED) is 0.354. The van der Waals surface area contributed by atoms with Gasteiger partial charge in [-0.15, -0.1) is 24.0 Å². The van der Waals surface area contributed by atoms with Gasteiger partial charge in [-0.25, -0.2) is 8.42 Å². The molecule has 0 radical (unpaired) electrons. The number of hydrogen-bond donors (Lipinski definition) is 2. The lowest BCUT2D eigenvalue weighted by molar-refractivity contribution is -0.176. The Kier molecular flexibility index (Phi) is 6.36. The minimum absolute atomic E-state index is 0. The second kappa shape index (κ2) is 7.50. The van der Waals surface area contributed by atoms with E-state index in [9.17, 15) is 8.42 Å². The second-order valence-electron chi connectivity index (χ2n) is 8.43. The van der Waals surface area contributed by atoms with Gasteiger partial charge < -0.3 is 15.4 Å². The molecule has 0 aromatic heterocycles. The van der Waals surface area contributed by atoms with Gasteiger partial charge in [0.05, 0.1) is 17.1 Å². The van der Waals surface area contributed by atoms with Crippen molar-refractivity contribution in [3.63, 3.8) is 0 Å². The Morgan fingerprint density at radius 2 is 1.88 bits per heavy atom. The van der Waals surface area contributed by atoms with E-state index >= 15 is 0 Å². The van der Waals surface area contributed by atoms with E-state index in [4.69, 9.17) is 9.73 Å². The molecule has 2 N–H and O–H groups in total. The van der Waals surface area contributed by atoms with Crippen molar-refractivity contribution in [1.82, 2.24) is 10.6 Å². The van der Waals surface area contributed by atoms with E-state index < -0.39 is 9.84 Å². The summed E-state index contributed by atoms with van der Waals surface area (Å²) in [6.45, 7) is 7.17. The topological polar surface area (TPSA) is 79.8 Å². The summed E-state index contributed by atoms with van der Waals surface area (Å²) >= 11 is 0. The van der Waals surface area contributed by atoms with Gasteiger partial charge in [0, 0.05) is 31.2 Å². The molecule has 3 rings (SSSR count). The van der Waals surface area contributed by atoms with Gasteiger partial charge in [0.15, 0.2) is 15.8 Å². The Bertz CT molecular complexity index is 619. The molecule has 1 aliphatic heterocycles. The summed E-state index contributed by atoms with van der Waals surface area (Å²) in [4.78, 5) is 4.70. The molecule has 0 aromatic carbocycles. The highest BCUT2D eigenvalue weighted by molar-refractivity contribution is 14.0. The normalized spacial score (nSPS) is 36.2. The van der Waals surface area contributed by atoms with Crippen LogP contribution in [0.25, 0.3) is 0 Å². The molecule has 1 heterocycles. The van der Waals surface area contributed by atoms with Crippen molar-refractivity contribution < 1.29 is 13.2 Å². The van der Waals surface area contributed by atoms with Crippen molar-refractivity contribution in [3.8, 4) is 0 Å². The van der Waals surface area contributed by atoms with Crippen molar-refractivity contribution in [2.75, 3.05) is 25.2 Å². The predicted octanol–water partition coefficient (Wildman–Crippen LogP) is 1.94. The van der Waals surface area contributed by atoms with Crippen LogP contribution in [0.4, 0.5) is 0 Å². The first-order chi connectivity index (χ1) is 11.2. The molecule has 6 nitrogen and oxygen atoms in total. The van der Waals surface area contributed by atoms with E-state index in [2.05, 4.69) is 31.4 Å². The fourth-order valence-electron chi connectivity index (χ4n) is 3.68. The lowest BCUT2D eigenvalue weighted by atomic mass is 9.56. The van der Waals surface area contributed by atoms with E-state index in [1.807, 2.05) is 0 Å². The molecular formula is C17H32IN3O3S. The molecule has 2 saturated carbocycles. The first-order valence-corrected chi connectivity index (χ1v) is 10.8. The number of hydrogen-bond acceptors (Lipinski definition) is 4. The van der Waals surface area contributed by atoms with Crippen molar-refractivity contribution in [2.45, 2.75) is 64.1 Å². The highest BCUT2D eigenvalue weighted by Gasteiger charge is 2.58. The zero-order valence-corrected chi connectivity index (χ0v) is 18.8. The van der Waals surface area contributed by atoms with Crippen LogP contribution in [-0.4, -0.2) is 57.2 Å².